The smallest absolute Gasteiger partial charge is 0.0560 e. The van der Waals surface area contributed by atoms with Crippen molar-refractivity contribution in [1.82, 2.24) is 15.1 Å². The Bertz CT molecular complexity index is 278. The Morgan fingerprint density at radius 3 is 2.67 bits per heavy atom. The fourth-order valence-electron chi connectivity index (χ4n) is 1.53. The molecular formula is C12H23N3. The lowest BCUT2D eigenvalue weighted by molar-refractivity contribution is 0.429. The molecule has 3 heteroatoms. The van der Waals surface area contributed by atoms with Crippen molar-refractivity contribution in [3.8, 4) is 0 Å². The second-order valence-electron chi connectivity index (χ2n) is 4.78. The van der Waals surface area contributed by atoms with Crippen LogP contribution in [-0.2, 0) is 6.54 Å². The van der Waals surface area contributed by atoms with Crippen LogP contribution in [0.2, 0.25) is 0 Å². The molecule has 1 aromatic heterocycles. The molecule has 1 unspecified atom stereocenters. The van der Waals surface area contributed by atoms with Gasteiger partial charge in [0.1, 0.15) is 0 Å². The van der Waals surface area contributed by atoms with E-state index in [1.165, 1.54) is 12.0 Å². The predicted molar refractivity (Wildman–Crippen MR) is 63.9 cm³/mol. The summed E-state index contributed by atoms with van der Waals surface area (Å²) in [6.45, 7) is 10.8. The van der Waals surface area contributed by atoms with E-state index in [1.807, 2.05) is 10.9 Å². The van der Waals surface area contributed by atoms with Gasteiger partial charge in [0.2, 0.25) is 0 Å². The van der Waals surface area contributed by atoms with Crippen molar-refractivity contribution in [2.75, 3.05) is 6.54 Å². The zero-order valence-electron chi connectivity index (χ0n) is 10.3. The van der Waals surface area contributed by atoms with Gasteiger partial charge in [-0.2, -0.15) is 5.10 Å². The highest BCUT2D eigenvalue weighted by molar-refractivity contribution is 4.99. The van der Waals surface area contributed by atoms with Crippen LogP contribution in [0, 0.1) is 12.8 Å². The molecule has 1 heterocycles. The normalized spacial score (nSPS) is 13.4. The summed E-state index contributed by atoms with van der Waals surface area (Å²) in [6.07, 6.45) is 5.23. The second kappa shape index (κ2) is 5.91. The molecule has 1 rings (SSSR count). The lowest BCUT2D eigenvalue weighted by atomic mass is 10.1. The Kier molecular flexibility index (Phi) is 4.82. The molecule has 0 fully saturated rings. The number of aromatic nitrogens is 2. The molecule has 0 saturated carbocycles. The lowest BCUT2D eigenvalue weighted by Gasteiger charge is -2.14. The quantitative estimate of drug-likeness (QED) is 0.778. The Morgan fingerprint density at radius 2 is 2.13 bits per heavy atom. The van der Waals surface area contributed by atoms with Crippen LogP contribution in [0.5, 0.6) is 0 Å². The Labute approximate surface area is 92.9 Å². The third-order valence-electron chi connectivity index (χ3n) is 2.44. The van der Waals surface area contributed by atoms with Crippen LogP contribution in [0.3, 0.4) is 0 Å². The summed E-state index contributed by atoms with van der Waals surface area (Å²) in [6, 6.07) is 0.489. The standard InChI is InChI=1S/C12H23N3/c1-10(2)5-6-13-12(4)9-15-8-11(3)7-14-15/h7-8,10,12-13H,5-6,9H2,1-4H3. The van der Waals surface area contributed by atoms with Gasteiger partial charge in [0.25, 0.3) is 0 Å². The fourth-order valence-corrected chi connectivity index (χ4v) is 1.53. The molecule has 15 heavy (non-hydrogen) atoms. The highest BCUT2D eigenvalue weighted by Gasteiger charge is 2.03. The third kappa shape index (κ3) is 4.98. The van der Waals surface area contributed by atoms with Crippen molar-refractivity contribution in [1.29, 1.82) is 0 Å². The molecule has 3 nitrogen and oxygen atoms in total. The molecule has 0 aliphatic carbocycles. The van der Waals surface area contributed by atoms with Crippen LogP contribution in [0.25, 0.3) is 0 Å². The van der Waals surface area contributed by atoms with E-state index in [-0.39, 0.29) is 0 Å². The van der Waals surface area contributed by atoms with Gasteiger partial charge >= 0.3 is 0 Å². The molecule has 0 amide bonds. The minimum Gasteiger partial charge on any atom is -0.312 e. The predicted octanol–water partition coefficient (Wildman–Crippen LogP) is 2.22. The largest absolute Gasteiger partial charge is 0.312 e. The zero-order chi connectivity index (χ0) is 11.3. The van der Waals surface area contributed by atoms with Gasteiger partial charge in [-0.05, 0) is 38.3 Å². The van der Waals surface area contributed by atoms with Gasteiger partial charge < -0.3 is 5.32 Å². The maximum absolute atomic E-state index is 4.28. The monoisotopic (exact) mass is 209 g/mol. The van der Waals surface area contributed by atoms with E-state index in [9.17, 15) is 0 Å². The average molecular weight is 209 g/mol. The molecular weight excluding hydrogens is 186 g/mol. The zero-order valence-corrected chi connectivity index (χ0v) is 10.3. The maximum atomic E-state index is 4.28. The first-order chi connectivity index (χ1) is 7.08. The Morgan fingerprint density at radius 1 is 1.40 bits per heavy atom. The van der Waals surface area contributed by atoms with E-state index < -0.39 is 0 Å². The summed E-state index contributed by atoms with van der Waals surface area (Å²) >= 11 is 0. The van der Waals surface area contributed by atoms with Crippen molar-refractivity contribution in [2.24, 2.45) is 5.92 Å². The van der Waals surface area contributed by atoms with Gasteiger partial charge in [0, 0.05) is 12.2 Å². The Balaban J connectivity index is 2.21. The average Bonchev–Trinajstić information content (AvgIpc) is 2.50. The molecule has 0 aliphatic heterocycles. The summed E-state index contributed by atoms with van der Waals surface area (Å²) in [5.41, 5.74) is 1.23. The van der Waals surface area contributed by atoms with Gasteiger partial charge in [-0.25, -0.2) is 0 Å². The van der Waals surface area contributed by atoms with Crippen molar-refractivity contribution in [2.45, 2.75) is 46.7 Å². The van der Waals surface area contributed by atoms with Crippen LogP contribution in [-0.4, -0.2) is 22.4 Å². The molecule has 0 spiro atoms. The summed E-state index contributed by atoms with van der Waals surface area (Å²) in [5, 5.41) is 7.79. The number of rotatable bonds is 6. The molecule has 0 bridgehead atoms. The number of hydrogen-bond donors (Lipinski definition) is 1. The number of aryl methyl sites for hydroxylation is 1. The van der Waals surface area contributed by atoms with E-state index in [4.69, 9.17) is 0 Å². The molecule has 0 radical (unpaired) electrons. The number of nitrogens with one attached hydrogen (secondary N) is 1. The summed E-state index contributed by atoms with van der Waals surface area (Å²) in [7, 11) is 0. The van der Waals surface area contributed by atoms with Gasteiger partial charge in [0.05, 0.1) is 12.7 Å². The molecule has 0 aromatic carbocycles. The SMILES string of the molecule is Cc1cnn(CC(C)NCCC(C)C)c1. The van der Waals surface area contributed by atoms with Crippen LogP contribution >= 0.6 is 0 Å². The first-order valence-electron chi connectivity index (χ1n) is 5.80. The minimum atomic E-state index is 0.489. The van der Waals surface area contributed by atoms with Gasteiger partial charge in [-0.15, -0.1) is 0 Å². The van der Waals surface area contributed by atoms with Gasteiger partial charge in [-0.1, -0.05) is 13.8 Å². The van der Waals surface area contributed by atoms with E-state index in [0.717, 1.165) is 19.0 Å². The van der Waals surface area contributed by atoms with E-state index in [1.54, 1.807) is 0 Å². The van der Waals surface area contributed by atoms with Gasteiger partial charge in [-0.3, -0.25) is 4.68 Å². The molecule has 1 N–H and O–H groups in total. The number of hydrogen-bond acceptors (Lipinski definition) is 2. The third-order valence-corrected chi connectivity index (χ3v) is 2.44. The highest BCUT2D eigenvalue weighted by atomic mass is 15.3. The second-order valence-corrected chi connectivity index (χ2v) is 4.78. The van der Waals surface area contributed by atoms with Crippen LogP contribution in [0.15, 0.2) is 12.4 Å². The molecule has 0 aliphatic rings. The minimum absolute atomic E-state index is 0.489. The molecule has 1 aromatic rings. The van der Waals surface area contributed by atoms with E-state index in [2.05, 4.69) is 44.3 Å². The maximum Gasteiger partial charge on any atom is 0.0560 e. The fraction of sp³-hybridized carbons (Fsp3) is 0.750. The lowest BCUT2D eigenvalue weighted by Crippen LogP contribution is -2.31. The van der Waals surface area contributed by atoms with Crippen molar-refractivity contribution in [3.63, 3.8) is 0 Å². The first kappa shape index (κ1) is 12.2. The number of nitrogens with zero attached hydrogens (tertiary/aromatic N) is 2. The van der Waals surface area contributed by atoms with Crippen molar-refractivity contribution >= 4 is 0 Å². The van der Waals surface area contributed by atoms with Crippen LogP contribution in [0.1, 0.15) is 32.8 Å². The summed E-state index contributed by atoms with van der Waals surface area (Å²) in [4.78, 5) is 0. The first-order valence-corrected chi connectivity index (χ1v) is 5.80. The van der Waals surface area contributed by atoms with Gasteiger partial charge in [0.15, 0.2) is 0 Å². The van der Waals surface area contributed by atoms with E-state index >= 15 is 0 Å². The van der Waals surface area contributed by atoms with Crippen LogP contribution in [0.4, 0.5) is 0 Å². The highest BCUT2D eigenvalue weighted by Crippen LogP contribution is 1.99. The summed E-state index contributed by atoms with van der Waals surface area (Å²) < 4.78 is 2.00. The van der Waals surface area contributed by atoms with Crippen molar-refractivity contribution < 1.29 is 0 Å². The topological polar surface area (TPSA) is 29.9 Å². The molecule has 1 atom stereocenters. The van der Waals surface area contributed by atoms with Crippen molar-refractivity contribution in [3.05, 3.63) is 18.0 Å². The molecule has 86 valence electrons. The van der Waals surface area contributed by atoms with Crippen LogP contribution < -0.4 is 5.32 Å². The molecule has 0 saturated heterocycles. The Hall–Kier alpha value is -0.830. The summed E-state index contributed by atoms with van der Waals surface area (Å²) in [5.74, 6) is 0.775. The van der Waals surface area contributed by atoms with E-state index in [0.29, 0.717) is 6.04 Å².